The number of benzene rings is 1. The normalized spacial score (nSPS) is 11.2. The molecule has 0 amide bonds. The molecule has 0 saturated heterocycles. The molecule has 2 aromatic rings. The molecule has 0 radical (unpaired) electrons. The first-order valence-electron chi connectivity index (χ1n) is 6.89. The number of carbonyl (C=O) groups excluding carboxylic acids is 1. The van der Waals surface area contributed by atoms with Gasteiger partial charge in [-0.25, -0.2) is 13.2 Å². The maximum atomic E-state index is 11.3. The molecule has 0 N–H and O–H groups in total. The Morgan fingerprint density at radius 3 is 2.15 bits per heavy atom. The fourth-order valence-electron chi connectivity index (χ4n) is 1.55. The summed E-state index contributed by atoms with van der Waals surface area (Å²) in [5.74, 6) is 0.772. The van der Waals surface area contributed by atoms with Gasteiger partial charge in [0.2, 0.25) is 5.75 Å². The zero-order chi connectivity index (χ0) is 20.8. The SMILES string of the molecule is COC(=O)c1ccc(Oc2ccc[n+](C)c2Cl)cc1.O=S(=O)([O-])C(F)(F)F. The van der Waals surface area contributed by atoms with Gasteiger partial charge in [-0.3, -0.25) is 0 Å². The minimum absolute atomic E-state index is 0.379. The summed E-state index contributed by atoms with van der Waals surface area (Å²) in [6.45, 7) is 0. The number of aromatic nitrogens is 1. The van der Waals surface area contributed by atoms with Crippen LogP contribution in [0.3, 0.4) is 0 Å². The lowest BCUT2D eigenvalue weighted by Gasteiger charge is -2.08. The molecule has 7 nitrogen and oxygen atoms in total. The number of alkyl halides is 3. The summed E-state index contributed by atoms with van der Waals surface area (Å²) in [6.07, 6.45) is 1.83. The highest BCUT2D eigenvalue weighted by Gasteiger charge is 2.36. The Morgan fingerprint density at radius 1 is 1.19 bits per heavy atom. The molecule has 0 fully saturated rings. The number of nitrogens with zero attached hydrogens (tertiary/aromatic N) is 1. The van der Waals surface area contributed by atoms with Crippen molar-refractivity contribution in [1.29, 1.82) is 0 Å². The van der Waals surface area contributed by atoms with Crippen molar-refractivity contribution >= 4 is 27.7 Å². The fourth-order valence-corrected chi connectivity index (χ4v) is 1.71. The average Bonchev–Trinajstić information content (AvgIpc) is 2.58. The molecule has 1 aromatic carbocycles. The quantitative estimate of drug-likeness (QED) is 0.246. The van der Waals surface area contributed by atoms with E-state index in [1.54, 1.807) is 34.9 Å². The standard InChI is InChI=1S/C14H13ClNO3.CHF3O3S/c1-16-9-3-4-12(13(16)15)19-11-7-5-10(6-8-11)14(17)18-2;2-1(3,4)8(5,6)7/h3-9H,1-2H3;(H,5,6,7)/q+1;/p-1. The number of methoxy groups -OCH3 is 1. The average molecular weight is 428 g/mol. The van der Waals surface area contributed by atoms with Gasteiger partial charge in [-0.1, -0.05) is 0 Å². The first-order chi connectivity index (χ1) is 12.4. The lowest BCUT2D eigenvalue weighted by molar-refractivity contribution is -0.669. The van der Waals surface area contributed by atoms with E-state index in [9.17, 15) is 18.0 Å². The zero-order valence-electron chi connectivity index (χ0n) is 13.9. The number of pyridine rings is 1. The minimum Gasteiger partial charge on any atom is -0.741 e. The first kappa shape index (κ1) is 22.7. The Bertz CT molecular complexity index is 901. The molecule has 1 heterocycles. The Balaban J connectivity index is 0.000000387. The van der Waals surface area contributed by atoms with Crippen molar-refractivity contribution in [3.8, 4) is 11.5 Å². The number of halogens is 4. The van der Waals surface area contributed by atoms with Crippen LogP contribution in [-0.4, -0.2) is 31.6 Å². The minimum atomic E-state index is -6.09. The number of carbonyl (C=O) groups is 1. The van der Waals surface area contributed by atoms with E-state index in [-0.39, 0.29) is 5.97 Å². The molecule has 0 aliphatic carbocycles. The second-order valence-electron chi connectivity index (χ2n) is 4.79. The van der Waals surface area contributed by atoms with Crippen molar-refractivity contribution in [2.24, 2.45) is 7.05 Å². The van der Waals surface area contributed by atoms with Gasteiger partial charge in [-0.2, -0.15) is 17.7 Å². The number of ether oxygens (including phenoxy) is 2. The molecule has 0 bridgehead atoms. The van der Waals surface area contributed by atoms with Crippen LogP contribution in [0, 0.1) is 0 Å². The third kappa shape index (κ3) is 6.70. The second kappa shape index (κ2) is 9.02. The third-order valence-electron chi connectivity index (χ3n) is 2.86. The van der Waals surface area contributed by atoms with Crippen molar-refractivity contribution in [3.05, 3.63) is 53.3 Å². The third-order valence-corrected chi connectivity index (χ3v) is 3.88. The predicted octanol–water partition coefficient (Wildman–Crippen LogP) is 2.79. The summed E-state index contributed by atoms with van der Waals surface area (Å²) in [7, 11) is -2.92. The van der Waals surface area contributed by atoms with E-state index in [1.165, 1.54) is 7.11 Å². The number of rotatable bonds is 3. The van der Waals surface area contributed by atoms with E-state index in [0.29, 0.717) is 22.2 Å². The molecule has 0 aliphatic rings. The van der Waals surface area contributed by atoms with Gasteiger partial charge in [0.05, 0.1) is 12.7 Å². The van der Waals surface area contributed by atoms with E-state index >= 15 is 0 Å². The summed E-state index contributed by atoms with van der Waals surface area (Å²) in [6, 6.07) is 10.3. The zero-order valence-corrected chi connectivity index (χ0v) is 15.4. The Kier molecular flexibility index (Phi) is 7.57. The van der Waals surface area contributed by atoms with E-state index < -0.39 is 15.6 Å². The van der Waals surface area contributed by atoms with E-state index in [2.05, 4.69) is 4.74 Å². The molecule has 0 spiro atoms. The van der Waals surface area contributed by atoms with Crippen LogP contribution in [0.1, 0.15) is 10.4 Å². The summed E-state index contributed by atoms with van der Waals surface area (Å²) < 4.78 is 70.9. The maximum Gasteiger partial charge on any atom is 0.485 e. The highest BCUT2D eigenvalue weighted by molar-refractivity contribution is 7.86. The van der Waals surface area contributed by atoms with E-state index in [0.717, 1.165) is 0 Å². The highest BCUT2D eigenvalue weighted by Crippen LogP contribution is 2.26. The fraction of sp³-hybridized carbons (Fsp3) is 0.200. The van der Waals surface area contributed by atoms with Crippen LogP contribution in [0.5, 0.6) is 11.5 Å². The summed E-state index contributed by atoms with van der Waals surface area (Å²) in [4.78, 5) is 11.3. The number of esters is 1. The van der Waals surface area contributed by atoms with Gasteiger partial charge in [0.15, 0.2) is 16.3 Å². The predicted molar refractivity (Wildman–Crippen MR) is 86.2 cm³/mol. The van der Waals surface area contributed by atoms with Crippen LogP contribution < -0.4 is 9.30 Å². The van der Waals surface area contributed by atoms with Gasteiger partial charge < -0.3 is 14.0 Å². The molecule has 0 atom stereocenters. The highest BCUT2D eigenvalue weighted by atomic mass is 35.5. The van der Waals surface area contributed by atoms with Crippen molar-refractivity contribution < 1.29 is 45.0 Å². The first-order valence-corrected chi connectivity index (χ1v) is 8.68. The molecule has 2 rings (SSSR count). The van der Waals surface area contributed by atoms with Crippen molar-refractivity contribution in [2.45, 2.75) is 5.51 Å². The van der Waals surface area contributed by atoms with Crippen LogP contribution in [0.15, 0.2) is 42.6 Å². The number of hydrogen-bond donors (Lipinski definition) is 0. The Morgan fingerprint density at radius 2 is 1.70 bits per heavy atom. The monoisotopic (exact) mass is 427 g/mol. The molecular formula is C15H13ClF3NO6S. The van der Waals surface area contributed by atoms with Crippen LogP contribution >= 0.6 is 11.6 Å². The Hall–Kier alpha value is -2.37. The lowest BCUT2D eigenvalue weighted by atomic mass is 10.2. The molecule has 0 saturated carbocycles. The van der Waals surface area contributed by atoms with Crippen LogP contribution in [0.4, 0.5) is 13.2 Å². The van der Waals surface area contributed by atoms with Gasteiger partial charge in [-0.05, 0) is 41.9 Å². The molecule has 27 heavy (non-hydrogen) atoms. The largest absolute Gasteiger partial charge is 0.741 e. The summed E-state index contributed by atoms with van der Waals surface area (Å²) in [5, 5.41) is 0.500. The molecule has 12 heteroatoms. The van der Waals surface area contributed by atoms with Crippen LogP contribution in [0.2, 0.25) is 5.15 Å². The topological polar surface area (TPSA) is 96.6 Å². The smallest absolute Gasteiger partial charge is 0.485 e. The molecule has 0 unspecified atom stereocenters. The number of hydrogen-bond acceptors (Lipinski definition) is 6. The van der Waals surface area contributed by atoms with Crippen LogP contribution in [-0.2, 0) is 21.9 Å². The van der Waals surface area contributed by atoms with Gasteiger partial charge in [-0.15, -0.1) is 0 Å². The van der Waals surface area contributed by atoms with Crippen molar-refractivity contribution in [1.82, 2.24) is 0 Å². The Labute approximate surface area is 157 Å². The number of aryl methyl sites for hydroxylation is 1. The van der Waals surface area contributed by atoms with Crippen molar-refractivity contribution in [3.63, 3.8) is 0 Å². The molecule has 0 aliphatic heterocycles. The van der Waals surface area contributed by atoms with Gasteiger partial charge in [0.25, 0.3) is 0 Å². The molecule has 1 aromatic heterocycles. The molecule has 148 valence electrons. The molecular weight excluding hydrogens is 415 g/mol. The maximum absolute atomic E-state index is 11.3. The summed E-state index contributed by atoms with van der Waals surface area (Å²) >= 11 is 6.11. The van der Waals surface area contributed by atoms with Crippen LogP contribution in [0.25, 0.3) is 0 Å². The van der Waals surface area contributed by atoms with Gasteiger partial charge in [0.1, 0.15) is 12.8 Å². The van der Waals surface area contributed by atoms with Gasteiger partial charge >= 0.3 is 16.6 Å². The van der Waals surface area contributed by atoms with Crippen molar-refractivity contribution in [2.75, 3.05) is 7.11 Å². The second-order valence-corrected chi connectivity index (χ2v) is 6.52. The van der Waals surface area contributed by atoms with E-state index in [1.807, 2.05) is 19.3 Å². The summed E-state index contributed by atoms with van der Waals surface area (Å²) in [5.41, 5.74) is -5.17. The van der Waals surface area contributed by atoms with E-state index in [4.69, 9.17) is 29.3 Å². The lowest BCUT2D eigenvalue weighted by Crippen LogP contribution is -2.28. The van der Waals surface area contributed by atoms with Gasteiger partial charge in [0, 0.05) is 6.07 Å².